The van der Waals surface area contributed by atoms with E-state index < -0.39 is 0 Å². The molecule has 0 spiro atoms. The Labute approximate surface area is 169 Å². The molecule has 1 heterocycles. The predicted molar refractivity (Wildman–Crippen MR) is 110 cm³/mol. The van der Waals surface area contributed by atoms with Crippen molar-refractivity contribution in [1.29, 1.82) is 0 Å². The first-order valence-electron chi connectivity index (χ1n) is 9.28. The van der Waals surface area contributed by atoms with Crippen molar-refractivity contribution >= 4 is 11.9 Å². The van der Waals surface area contributed by atoms with Gasteiger partial charge in [-0.3, -0.25) is 4.99 Å². The van der Waals surface area contributed by atoms with Crippen molar-refractivity contribution in [3.05, 3.63) is 66.2 Å². The Bertz CT molecular complexity index is 1010. The Hall–Kier alpha value is -3.67. The zero-order valence-electron chi connectivity index (χ0n) is 16.3. The molecule has 3 aromatic rings. The molecule has 0 fully saturated rings. The van der Waals surface area contributed by atoms with Gasteiger partial charge in [0.2, 0.25) is 6.79 Å². The molecule has 4 rings (SSSR count). The summed E-state index contributed by atoms with van der Waals surface area (Å²) in [6.07, 6.45) is 1.75. The number of aliphatic imine (C=N–C) groups is 1. The van der Waals surface area contributed by atoms with Gasteiger partial charge >= 0.3 is 0 Å². The molecule has 6 nitrogen and oxygen atoms in total. The molecule has 0 atom stereocenters. The number of para-hydroxylation sites is 2. The lowest BCUT2D eigenvalue weighted by atomic mass is 10.2. The molecule has 0 radical (unpaired) electrons. The lowest BCUT2D eigenvalue weighted by molar-refractivity contribution is 0.174. The maximum atomic E-state index is 5.89. The smallest absolute Gasteiger partial charge is 0.231 e. The second-order valence-corrected chi connectivity index (χ2v) is 6.18. The van der Waals surface area contributed by atoms with E-state index in [-0.39, 0.29) is 6.79 Å². The fraction of sp³-hybridized carbons (Fsp3) is 0.174. The van der Waals surface area contributed by atoms with Crippen molar-refractivity contribution in [2.24, 2.45) is 4.99 Å². The van der Waals surface area contributed by atoms with Crippen LogP contribution >= 0.6 is 0 Å². The molecule has 0 aromatic heterocycles. The molecule has 29 heavy (non-hydrogen) atoms. The number of nitrogens with zero attached hydrogens (tertiary/aromatic N) is 1. The number of benzene rings is 3. The largest absolute Gasteiger partial charge is 0.493 e. The van der Waals surface area contributed by atoms with Gasteiger partial charge in [-0.2, -0.15) is 0 Å². The molecule has 148 valence electrons. The number of ether oxygens (including phenoxy) is 5. The maximum absolute atomic E-state index is 5.89. The molecule has 0 saturated carbocycles. The summed E-state index contributed by atoms with van der Waals surface area (Å²) in [4.78, 5) is 4.55. The highest BCUT2D eigenvalue weighted by Gasteiger charge is 2.17. The fourth-order valence-corrected chi connectivity index (χ4v) is 2.89. The molecular weight excluding hydrogens is 370 g/mol. The third-order valence-electron chi connectivity index (χ3n) is 4.29. The number of rotatable bonds is 7. The van der Waals surface area contributed by atoms with Crippen LogP contribution in [0, 0.1) is 0 Å². The van der Waals surface area contributed by atoms with Crippen LogP contribution in [-0.4, -0.2) is 26.7 Å². The van der Waals surface area contributed by atoms with E-state index in [1.807, 2.05) is 67.6 Å². The van der Waals surface area contributed by atoms with Crippen LogP contribution in [0.15, 0.2) is 65.7 Å². The second-order valence-electron chi connectivity index (χ2n) is 6.18. The Morgan fingerprint density at radius 2 is 1.66 bits per heavy atom. The summed E-state index contributed by atoms with van der Waals surface area (Å²) >= 11 is 0. The van der Waals surface area contributed by atoms with Crippen molar-refractivity contribution in [2.75, 3.05) is 20.5 Å². The van der Waals surface area contributed by atoms with E-state index in [9.17, 15) is 0 Å². The lowest BCUT2D eigenvalue weighted by Gasteiger charge is -2.10. The molecule has 0 amide bonds. The van der Waals surface area contributed by atoms with E-state index in [1.54, 1.807) is 13.3 Å². The predicted octanol–water partition coefficient (Wildman–Crippen LogP) is 5.37. The van der Waals surface area contributed by atoms with Gasteiger partial charge in [-0.25, -0.2) is 0 Å². The van der Waals surface area contributed by atoms with Gasteiger partial charge in [0.05, 0.1) is 19.4 Å². The standard InChI is InChI=1S/C23H21NO5/c1-3-26-21-13-23-22(27-15-28-23)12-16(21)14-24-17-8-10-18(11-9-17)29-20-7-5-4-6-19(20)25-2/h4-14H,3,15H2,1-2H3. The highest BCUT2D eigenvalue weighted by Crippen LogP contribution is 2.38. The number of fused-ring (bicyclic) bond motifs is 1. The summed E-state index contributed by atoms with van der Waals surface area (Å²) in [5.41, 5.74) is 1.61. The van der Waals surface area contributed by atoms with E-state index in [1.165, 1.54) is 0 Å². The number of methoxy groups -OCH3 is 1. The first kappa shape index (κ1) is 18.7. The molecule has 0 unspecified atom stereocenters. The third-order valence-corrected chi connectivity index (χ3v) is 4.29. The highest BCUT2D eigenvalue weighted by atomic mass is 16.7. The number of hydrogen-bond donors (Lipinski definition) is 0. The lowest BCUT2D eigenvalue weighted by Crippen LogP contribution is -1.96. The van der Waals surface area contributed by atoms with Crippen molar-refractivity contribution < 1.29 is 23.7 Å². The minimum Gasteiger partial charge on any atom is -0.493 e. The summed E-state index contributed by atoms with van der Waals surface area (Å²) in [6.45, 7) is 2.70. The van der Waals surface area contributed by atoms with E-state index >= 15 is 0 Å². The molecule has 0 N–H and O–H groups in total. The molecule has 1 aliphatic heterocycles. The van der Waals surface area contributed by atoms with Crippen LogP contribution in [0.5, 0.6) is 34.5 Å². The second kappa shape index (κ2) is 8.56. The zero-order valence-corrected chi connectivity index (χ0v) is 16.3. The van der Waals surface area contributed by atoms with E-state index in [0.717, 1.165) is 11.3 Å². The first-order valence-corrected chi connectivity index (χ1v) is 9.28. The van der Waals surface area contributed by atoms with E-state index in [0.29, 0.717) is 41.1 Å². The molecule has 1 aliphatic rings. The summed E-state index contributed by atoms with van der Waals surface area (Å²) in [7, 11) is 1.62. The van der Waals surface area contributed by atoms with Crippen molar-refractivity contribution in [2.45, 2.75) is 6.92 Å². The Morgan fingerprint density at radius 1 is 0.931 bits per heavy atom. The van der Waals surface area contributed by atoms with Crippen LogP contribution in [0.25, 0.3) is 0 Å². The Balaban J connectivity index is 1.51. The average Bonchev–Trinajstić information content (AvgIpc) is 3.21. The van der Waals surface area contributed by atoms with Crippen LogP contribution < -0.4 is 23.7 Å². The summed E-state index contributed by atoms with van der Waals surface area (Å²) in [5, 5.41) is 0. The van der Waals surface area contributed by atoms with Gasteiger partial charge in [-0.1, -0.05) is 12.1 Å². The van der Waals surface area contributed by atoms with Gasteiger partial charge in [-0.05, 0) is 49.4 Å². The quantitative estimate of drug-likeness (QED) is 0.507. The minimum absolute atomic E-state index is 0.217. The minimum atomic E-state index is 0.217. The summed E-state index contributed by atoms with van der Waals surface area (Å²) in [5.74, 6) is 4.12. The highest BCUT2D eigenvalue weighted by molar-refractivity contribution is 5.87. The van der Waals surface area contributed by atoms with Gasteiger partial charge < -0.3 is 23.7 Å². The van der Waals surface area contributed by atoms with E-state index in [2.05, 4.69) is 4.99 Å². The normalized spacial score (nSPS) is 12.2. The first-order chi connectivity index (χ1) is 14.3. The van der Waals surface area contributed by atoms with Gasteiger partial charge in [0.15, 0.2) is 23.0 Å². The molecule has 0 bridgehead atoms. The zero-order chi connectivity index (χ0) is 20.1. The van der Waals surface area contributed by atoms with Gasteiger partial charge in [0, 0.05) is 17.8 Å². The molecule has 0 saturated heterocycles. The van der Waals surface area contributed by atoms with Crippen LogP contribution in [0.2, 0.25) is 0 Å². The third kappa shape index (κ3) is 4.27. The maximum Gasteiger partial charge on any atom is 0.231 e. The monoisotopic (exact) mass is 391 g/mol. The number of hydrogen-bond acceptors (Lipinski definition) is 6. The van der Waals surface area contributed by atoms with Crippen LogP contribution in [-0.2, 0) is 0 Å². The van der Waals surface area contributed by atoms with Gasteiger partial charge in [0.1, 0.15) is 11.5 Å². The average molecular weight is 391 g/mol. The van der Waals surface area contributed by atoms with Gasteiger partial charge in [-0.15, -0.1) is 0 Å². The van der Waals surface area contributed by atoms with Crippen LogP contribution in [0.1, 0.15) is 12.5 Å². The molecule has 6 heteroatoms. The molecule has 3 aromatic carbocycles. The molecular formula is C23H21NO5. The summed E-state index contributed by atoms with van der Waals surface area (Å²) < 4.78 is 27.8. The van der Waals surface area contributed by atoms with Crippen molar-refractivity contribution in [3.63, 3.8) is 0 Å². The Kier molecular flexibility index (Phi) is 5.52. The molecule has 0 aliphatic carbocycles. The van der Waals surface area contributed by atoms with Crippen LogP contribution in [0.3, 0.4) is 0 Å². The van der Waals surface area contributed by atoms with E-state index in [4.69, 9.17) is 23.7 Å². The Morgan fingerprint density at radius 3 is 2.38 bits per heavy atom. The van der Waals surface area contributed by atoms with Gasteiger partial charge in [0.25, 0.3) is 0 Å². The SMILES string of the molecule is CCOc1cc2c(cc1C=Nc1ccc(Oc3ccccc3OC)cc1)OCO2. The van der Waals surface area contributed by atoms with Crippen molar-refractivity contribution in [3.8, 4) is 34.5 Å². The topological polar surface area (TPSA) is 58.5 Å². The summed E-state index contributed by atoms with van der Waals surface area (Å²) in [6, 6.07) is 18.7. The van der Waals surface area contributed by atoms with Crippen LogP contribution in [0.4, 0.5) is 5.69 Å². The fourth-order valence-electron chi connectivity index (χ4n) is 2.89. The van der Waals surface area contributed by atoms with Crippen molar-refractivity contribution in [1.82, 2.24) is 0 Å².